The summed E-state index contributed by atoms with van der Waals surface area (Å²) in [5, 5.41) is 38.9. The Morgan fingerprint density at radius 1 is 1.17 bits per heavy atom. The lowest BCUT2D eigenvalue weighted by molar-refractivity contribution is 0.0694. The van der Waals surface area contributed by atoms with E-state index in [1.165, 1.54) is 0 Å². The highest BCUT2D eigenvalue weighted by Gasteiger charge is 2.27. The number of hydrogen-bond acceptors (Lipinski definition) is 5. The van der Waals surface area contributed by atoms with Gasteiger partial charge in [-0.15, -0.1) is 12.4 Å². The van der Waals surface area contributed by atoms with E-state index >= 15 is 0 Å². The van der Waals surface area contributed by atoms with Gasteiger partial charge in [0.1, 0.15) is 6.07 Å². The molecule has 0 aliphatic rings. The van der Waals surface area contributed by atoms with E-state index in [4.69, 9.17) is 5.11 Å². The van der Waals surface area contributed by atoms with E-state index in [1.54, 1.807) is 45.2 Å². The molecule has 1 rings (SSSR count). The van der Waals surface area contributed by atoms with E-state index in [-0.39, 0.29) is 42.8 Å². The van der Waals surface area contributed by atoms with Gasteiger partial charge in [0.2, 0.25) is 0 Å². The lowest BCUT2D eigenvalue weighted by Gasteiger charge is -2.15. The van der Waals surface area contributed by atoms with E-state index in [1.807, 2.05) is 28.7 Å². The first kappa shape index (κ1) is 23.1. The standard InChI is InChI=1S/C12H9I3N2O5.ClH/c13-8-5(1-16)9(14)7(12(21)22)10(15)6(8)11(20)17-2-4(19)3-18;/h4,18-19H,2-3H2,(H,17,20)(H,21,22);1H. The fourth-order valence-electron chi connectivity index (χ4n) is 1.51. The largest absolute Gasteiger partial charge is 0.478 e. The number of carboxylic acids is 1. The molecule has 0 saturated heterocycles. The summed E-state index contributed by atoms with van der Waals surface area (Å²) in [4.78, 5) is 23.6. The highest BCUT2D eigenvalue weighted by atomic mass is 127. The molecule has 0 saturated carbocycles. The molecule has 0 aliphatic carbocycles. The minimum Gasteiger partial charge on any atom is -0.478 e. The summed E-state index contributed by atoms with van der Waals surface area (Å²) < 4.78 is 0.831. The maximum absolute atomic E-state index is 12.2. The van der Waals surface area contributed by atoms with E-state index in [0.29, 0.717) is 3.57 Å². The van der Waals surface area contributed by atoms with E-state index in [9.17, 15) is 25.1 Å². The summed E-state index contributed by atoms with van der Waals surface area (Å²) in [5.41, 5.74) is 0.0820. The molecule has 0 bridgehead atoms. The molecule has 1 atom stereocenters. The van der Waals surface area contributed by atoms with Crippen LogP contribution in [0.25, 0.3) is 0 Å². The zero-order chi connectivity index (χ0) is 17.0. The summed E-state index contributed by atoms with van der Waals surface area (Å²) >= 11 is 5.33. The normalized spacial score (nSPS) is 11.1. The molecule has 1 amide bonds. The van der Waals surface area contributed by atoms with Gasteiger partial charge >= 0.3 is 5.97 Å². The van der Waals surface area contributed by atoms with Crippen molar-refractivity contribution in [3.05, 3.63) is 27.4 Å². The number of carbonyl (C=O) groups is 2. The van der Waals surface area contributed by atoms with Crippen LogP contribution in [0.3, 0.4) is 0 Å². The van der Waals surface area contributed by atoms with E-state index in [2.05, 4.69) is 5.32 Å². The van der Waals surface area contributed by atoms with Gasteiger partial charge in [0.05, 0.1) is 29.4 Å². The lowest BCUT2D eigenvalue weighted by Crippen LogP contribution is -2.35. The van der Waals surface area contributed by atoms with E-state index in [0.717, 1.165) is 0 Å². The molecule has 0 spiro atoms. The number of carbonyl (C=O) groups excluding carboxylic acids is 1. The number of nitrogens with zero attached hydrogens (tertiary/aromatic N) is 1. The molecular weight excluding hydrogens is 668 g/mol. The van der Waals surface area contributed by atoms with Gasteiger partial charge < -0.3 is 20.6 Å². The number of benzene rings is 1. The number of nitrogens with one attached hydrogen (secondary N) is 1. The summed E-state index contributed by atoms with van der Waals surface area (Å²) in [7, 11) is 0. The zero-order valence-corrected chi connectivity index (χ0v) is 18.4. The lowest BCUT2D eigenvalue weighted by atomic mass is 10.1. The van der Waals surface area contributed by atoms with Crippen LogP contribution in [0.15, 0.2) is 0 Å². The molecule has 1 aromatic rings. The Hall–Kier alpha value is 0.0500. The number of nitriles is 1. The Kier molecular flexibility index (Phi) is 10.2. The predicted molar refractivity (Wildman–Crippen MR) is 109 cm³/mol. The van der Waals surface area contributed by atoms with Crippen LogP contribution in [0.4, 0.5) is 0 Å². The van der Waals surface area contributed by atoms with Crippen molar-refractivity contribution in [1.29, 1.82) is 5.26 Å². The maximum atomic E-state index is 12.2. The van der Waals surface area contributed by atoms with Crippen LogP contribution < -0.4 is 5.32 Å². The van der Waals surface area contributed by atoms with E-state index < -0.39 is 24.6 Å². The Labute approximate surface area is 178 Å². The number of aromatic carboxylic acids is 1. The number of carboxylic acid groups (broad SMARTS) is 1. The molecule has 1 aromatic carbocycles. The van der Waals surface area contributed by atoms with Gasteiger partial charge in [0.25, 0.3) is 5.91 Å². The quantitative estimate of drug-likeness (QED) is 0.350. The molecule has 23 heavy (non-hydrogen) atoms. The van der Waals surface area contributed by atoms with Crippen LogP contribution in [0.2, 0.25) is 0 Å². The Morgan fingerprint density at radius 3 is 2.13 bits per heavy atom. The summed E-state index contributed by atoms with van der Waals surface area (Å²) in [6, 6.07) is 1.91. The first-order valence-corrected chi connectivity index (χ1v) is 8.90. The van der Waals surface area contributed by atoms with Gasteiger partial charge in [-0.05, 0) is 67.8 Å². The number of halogens is 4. The second-order valence-corrected chi connectivity index (χ2v) is 7.27. The second kappa shape index (κ2) is 10.1. The average molecular weight is 678 g/mol. The first-order valence-electron chi connectivity index (χ1n) is 5.67. The van der Waals surface area contributed by atoms with Crippen molar-refractivity contribution >= 4 is 92.1 Å². The molecule has 11 heteroatoms. The Balaban J connectivity index is 0.00000484. The van der Waals surface area contributed by atoms with Crippen molar-refractivity contribution in [2.75, 3.05) is 13.2 Å². The van der Waals surface area contributed by atoms with Gasteiger partial charge in [-0.25, -0.2) is 4.79 Å². The van der Waals surface area contributed by atoms with Crippen molar-refractivity contribution in [3.63, 3.8) is 0 Å². The molecule has 0 radical (unpaired) electrons. The van der Waals surface area contributed by atoms with Crippen LogP contribution in [0.1, 0.15) is 26.3 Å². The molecule has 0 fully saturated rings. The Morgan fingerprint density at radius 2 is 1.70 bits per heavy atom. The van der Waals surface area contributed by atoms with Gasteiger partial charge in [-0.2, -0.15) is 5.26 Å². The Bertz CT molecular complexity index is 678. The van der Waals surface area contributed by atoms with Gasteiger partial charge in [0, 0.05) is 17.3 Å². The zero-order valence-electron chi connectivity index (χ0n) is 11.1. The molecule has 0 aromatic heterocycles. The number of hydrogen-bond donors (Lipinski definition) is 4. The molecule has 0 heterocycles. The van der Waals surface area contributed by atoms with Gasteiger partial charge in [-0.1, -0.05) is 0 Å². The minimum absolute atomic E-state index is 0. The van der Waals surface area contributed by atoms with Gasteiger partial charge in [-0.3, -0.25) is 4.79 Å². The summed E-state index contributed by atoms with van der Waals surface area (Å²) in [6.07, 6.45) is -1.11. The highest BCUT2D eigenvalue weighted by molar-refractivity contribution is 14.1. The average Bonchev–Trinajstić information content (AvgIpc) is 2.44. The fraction of sp³-hybridized carbons (Fsp3) is 0.250. The second-order valence-electron chi connectivity index (χ2n) is 4.03. The van der Waals surface area contributed by atoms with Crippen molar-refractivity contribution in [2.45, 2.75) is 6.10 Å². The van der Waals surface area contributed by atoms with Crippen LogP contribution >= 0.6 is 80.2 Å². The van der Waals surface area contributed by atoms with Crippen LogP contribution in [0.5, 0.6) is 0 Å². The first-order chi connectivity index (χ1) is 10.3. The number of aliphatic hydroxyl groups is 2. The van der Waals surface area contributed by atoms with Crippen LogP contribution in [-0.4, -0.2) is 46.5 Å². The third-order valence-corrected chi connectivity index (χ3v) is 5.81. The monoisotopic (exact) mass is 678 g/mol. The number of amides is 1. The molecule has 126 valence electrons. The summed E-state index contributed by atoms with van der Waals surface area (Å²) in [6.45, 7) is -0.692. The third kappa shape index (κ3) is 5.26. The topological polar surface area (TPSA) is 131 Å². The molecule has 0 aliphatic heterocycles. The predicted octanol–water partition coefficient (Wildman–Crippen LogP) is 1.58. The number of aliphatic hydroxyl groups excluding tert-OH is 2. The number of rotatable bonds is 5. The van der Waals surface area contributed by atoms with Crippen molar-refractivity contribution < 1.29 is 24.9 Å². The molecular formula is C12H10ClI3N2O5. The smallest absolute Gasteiger partial charge is 0.337 e. The highest BCUT2D eigenvalue weighted by Crippen LogP contribution is 2.31. The van der Waals surface area contributed by atoms with Crippen LogP contribution in [-0.2, 0) is 0 Å². The minimum atomic E-state index is -1.23. The molecule has 7 nitrogen and oxygen atoms in total. The molecule has 4 N–H and O–H groups in total. The van der Waals surface area contributed by atoms with Gasteiger partial charge in [0.15, 0.2) is 0 Å². The van der Waals surface area contributed by atoms with Crippen LogP contribution in [0, 0.1) is 22.0 Å². The fourth-order valence-corrected chi connectivity index (χ4v) is 5.87. The molecule has 1 unspecified atom stereocenters. The maximum Gasteiger partial charge on any atom is 0.337 e. The third-order valence-electron chi connectivity index (χ3n) is 2.58. The van der Waals surface area contributed by atoms with Crippen molar-refractivity contribution in [1.82, 2.24) is 5.32 Å². The summed E-state index contributed by atoms with van der Waals surface area (Å²) in [5.74, 6) is -1.84. The SMILES string of the molecule is Cl.N#Cc1c(I)c(C(=O)O)c(I)c(C(=O)NCC(O)CO)c1I. The van der Waals surface area contributed by atoms with Crippen molar-refractivity contribution in [3.8, 4) is 6.07 Å². The van der Waals surface area contributed by atoms with Crippen molar-refractivity contribution in [2.24, 2.45) is 0 Å².